The Bertz CT molecular complexity index is 726. The monoisotopic (exact) mass is 330 g/mol. The summed E-state index contributed by atoms with van der Waals surface area (Å²) in [5.41, 5.74) is 6.81. The number of amides is 1. The maximum Gasteiger partial charge on any atom is 0.407 e. The van der Waals surface area contributed by atoms with Gasteiger partial charge in [0.2, 0.25) is 0 Å². The first kappa shape index (κ1) is 16.6. The standard InChI is InChI=1S/C16H15ClN4O2/c17-14-15(18)20-10-13(21-14)8-4-5-9-19-16(22)23-11-12-6-2-1-3-7-12/h1-3,6-7,10H,5,9,11H2,(H2,18,20)(H,19,22). The summed E-state index contributed by atoms with van der Waals surface area (Å²) >= 11 is 5.74. The summed E-state index contributed by atoms with van der Waals surface area (Å²) in [5, 5.41) is 2.74. The first-order chi connectivity index (χ1) is 11.1. The smallest absolute Gasteiger partial charge is 0.407 e. The molecule has 0 fully saturated rings. The van der Waals surface area contributed by atoms with Gasteiger partial charge in [-0.05, 0) is 11.5 Å². The Morgan fingerprint density at radius 1 is 1.35 bits per heavy atom. The highest BCUT2D eigenvalue weighted by Gasteiger charge is 2.01. The van der Waals surface area contributed by atoms with Crippen LogP contribution < -0.4 is 11.1 Å². The number of nitrogens with one attached hydrogen (secondary N) is 1. The highest BCUT2D eigenvalue weighted by Crippen LogP contribution is 2.11. The van der Waals surface area contributed by atoms with Gasteiger partial charge in [0, 0.05) is 13.0 Å². The second-order valence-electron chi connectivity index (χ2n) is 4.47. The topological polar surface area (TPSA) is 90.1 Å². The van der Waals surface area contributed by atoms with Crippen molar-refractivity contribution < 1.29 is 9.53 Å². The van der Waals surface area contributed by atoms with E-state index in [1.165, 1.54) is 6.20 Å². The van der Waals surface area contributed by atoms with E-state index >= 15 is 0 Å². The molecule has 0 aliphatic carbocycles. The van der Waals surface area contributed by atoms with Crippen molar-refractivity contribution in [3.05, 3.63) is 52.9 Å². The van der Waals surface area contributed by atoms with Gasteiger partial charge in [0.1, 0.15) is 12.3 Å². The Balaban J connectivity index is 1.68. The van der Waals surface area contributed by atoms with Gasteiger partial charge >= 0.3 is 6.09 Å². The number of carbonyl (C=O) groups is 1. The predicted octanol–water partition coefficient (Wildman–Crippen LogP) is 2.38. The maximum absolute atomic E-state index is 11.5. The van der Waals surface area contributed by atoms with Crippen LogP contribution in [0.3, 0.4) is 0 Å². The van der Waals surface area contributed by atoms with Crippen LogP contribution in [0.5, 0.6) is 0 Å². The summed E-state index contributed by atoms with van der Waals surface area (Å²) in [6.07, 6.45) is 1.41. The number of nitrogen functional groups attached to an aromatic ring is 1. The van der Waals surface area contributed by atoms with Crippen molar-refractivity contribution in [2.75, 3.05) is 12.3 Å². The molecule has 2 aromatic rings. The number of nitrogens with two attached hydrogens (primary N) is 1. The predicted molar refractivity (Wildman–Crippen MR) is 87.6 cm³/mol. The second-order valence-corrected chi connectivity index (χ2v) is 4.83. The zero-order valence-electron chi connectivity index (χ0n) is 12.3. The number of rotatable bonds is 4. The molecular formula is C16H15ClN4O2. The van der Waals surface area contributed by atoms with Crippen molar-refractivity contribution in [3.63, 3.8) is 0 Å². The minimum absolute atomic E-state index is 0.124. The lowest BCUT2D eigenvalue weighted by Gasteiger charge is -2.05. The average molecular weight is 331 g/mol. The van der Waals surface area contributed by atoms with Gasteiger partial charge in [-0.2, -0.15) is 0 Å². The molecular weight excluding hydrogens is 316 g/mol. The summed E-state index contributed by atoms with van der Waals surface area (Å²) in [5.74, 6) is 5.81. The molecule has 0 saturated carbocycles. The van der Waals surface area contributed by atoms with E-state index in [1.54, 1.807) is 0 Å². The van der Waals surface area contributed by atoms with Crippen LogP contribution in [0.25, 0.3) is 0 Å². The van der Waals surface area contributed by atoms with Crippen LogP contribution in [0.4, 0.5) is 10.6 Å². The molecule has 0 unspecified atom stereocenters. The zero-order chi connectivity index (χ0) is 16.5. The number of carbonyl (C=O) groups excluding carboxylic acids is 1. The molecule has 1 amide bonds. The Morgan fingerprint density at radius 2 is 2.13 bits per heavy atom. The second kappa shape index (κ2) is 8.61. The fourth-order valence-corrected chi connectivity index (χ4v) is 1.73. The number of nitrogens with zero attached hydrogens (tertiary/aromatic N) is 2. The highest BCUT2D eigenvalue weighted by molar-refractivity contribution is 6.31. The molecule has 0 atom stereocenters. The number of ether oxygens (including phenoxy) is 1. The lowest BCUT2D eigenvalue weighted by molar-refractivity contribution is 0.140. The molecule has 0 saturated heterocycles. The molecule has 0 radical (unpaired) electrons. The van der Waals surface area contributed by atoms with E-state index in [9.17, 15) is 4.79 Å². The third-order valence-corrected chi connectivity index (χ3v) is 2.98. The van der Waals surface area contributed by atoms with E-state index in [2.05, 4.69) is 27.1 Å². The normalized spacial score (nSPS) is 9.61. The van der Waals surface area contributed by atoms with Crippen LogP contribution in [0.2, 0.25) is 5.15 Å². The van der Waals surface area contributed by atoms with Crippen molar-refractivity contribution in [3.8, 4) is 11.8 Å². The molecule has 1 heterocycles. The van der Waals surface area contributed by atoms with E-state index in [1.807, 2.05) is 30.3 Å². The van der Waals surface area contributed by atoms with Crippen LogP contribution in [0.15, 0.2) is 36.5 Å². The minimum atomic E-state index is -0.481. The zero-order valence-corrected chi connectivity index (χ0v) is 13.0. The number of aromatic nitrogens is 2. The summed E-state index contributed by atoms with van der Waals surface area (Å²) in [6, 6.07) is 9.45. The van der Waals surface area contributed by atoms with E-state index in [4.69, 9.17) is 22.1 Å². The SMILES string of the molecule is Nc1ncc(C#CCCNC(=O)OCc2ccccc2)nc1Cl. The molecule has 6 nitrogen and oxygen atoms in total. The summed E-state index contributed by atoms with van der Waals surface area (Å²) in [7, 11) is 0. The van der Waals surface area contributed by atoms with Crippen molar-refractivity contribution in [2.24, 2.45) is 0 Å². The number of hydrogen-bond donors (Lipinski definition) is 2. The molecule has 118 valence electrons. The van der Waals surface area contributed by atoms with Gasteiger partial charge in [0.25, 0.3) is 0 Å². The minimum Gasteiger partial charge on any atom is -0.445 e. The molecule has 1 aromatic carbocycles. The first-order valence-electron chi connectivity index (χ1n) is 6.86. The van der Waals surface area contributed by atoms with Gasteiger partial charge in [-0.3, -0.25) is 0 Å². The van der Waals surface area contributed by atoms with E-state index in [0.717, 1.165) is 5.56 Å². The van der Waals surface area contributed by atoms with E-state index in [-0.39, 0.29) is 17.6 Å². The van der Waals surface area contributed by atoms with Crippen molar-refractivity contribution in [1.29, 1.82) is 0 Å². The third-order valence-electron chi connectivity index (χ3n) is 2.70. The Kier molecular flexibility index (Phi) is 6.21. The first-order valence-corrected chi connectivity index (χ1v) is 7.24. The summed E-state index contributed by atoms with van der Waals surface area (Å²) < 4.78 is 5.07. The van der Waals surface area contributed by atoms with Gasteiger partial charge in [0.15, 0.2) is 11.0 Å². The maximum atomic E-state index is 11.5. The number of benzene rings is 1. The average Bonchev–Trinajstić information content (AvgIpc) is 2.57. The Morgan fingerprint density at radius 3 is 2.87 bits per heavy atom. The van der Waals surface area contributed by atoms with Gasteiger partial charge in [-0.25, -0.2) is 14.8 Å². The molecule has 3 N–H and O–H groups in total. The fourth-order valence-electron chi connectivity index (χ4n) is 1.59. The molecule has 1 aromatic heterocycles. The number of alkyl carbamates (subject to hydrolysis) is 1. The van der Waals surface area contributed by atoms with E-state index < -0.39 is 6.09 Å². The van der Waals surface area contributed by atoms with Crippen molar-refractivity contribution in [2.45, 2.75) is 13.0 Å². The van der Waals surface area contributed by atoms with E-state index in [0.29, 0.717) is 18.7 Å². The van der Waals surface area contributed by atoms with Crippen LogP contribution in [-0.2, 0) is 11.3 Å². The lowest BCUT2D eigenvalue weighted by atomic mass is 10.2. The van der Waals surface area contributed by atoms with Crippen LogP contribution in [0.1, 0.15) is 17.7 Å². The fraction of sp³-hybridized carbons (Fsp3) is 0.188. The summed E-state index contributed by atoms with van der Waals surface area (Å²) in [6.45, 7) is 0.606. The summed E-state index contributed by atoms with van der Waals surface area (Å²) in [4.78, 5) is 19.3. The van der Waals surface area contributed by atoms with Crippen molar-refractivity contribution in [1.82, 2.24) is 15.3 Å². The molecule has 0 bridgehead atoms. The number of hydrogen-bond acceptors (Lipinski definition) is 5. The van der Waals surface area contributed by atoms with Crippen molar-refractivity contribution >= 4 is 23.5 Å². The van der Waals surface area contributed by atoms with Gasteiger partial charge in [-0.1, -0.05) is 47.9 Å². The van der Waals surface area contributed by atoms with Gasteiger partial charge in [0.05, 0.1) is 6.20 Å². The van der Waals surface area contributed by atoms with Crippen LogP contribution >= 0.6 is 11.6 Å². The Hall–Kier alpha value is -2.78. The number of halogens is 1. The largest absolute Gasteiger partial charge is 0.445 e. The molecule has 0 aliphatic heterocycles. The third kappa shape index (κ3) is 5.85. The number of anilines is 1. The lowest BCUT2D eigenvalue weighted by Crippen LogP contribution is -2.24. The molecule has 23 heavy (non-hydrogen) atoms. The Labute approximate surface area is 139 Å². The van der Waals surface area contributed by atoms with Crippen LogP contribution in [0, 0.1) is 11.8 Å². The quantitative estimate of drug-likeness (QED) is 0.663. The molecule has 0 aliphatic rings. The van der Waals surface area contributed by atoms with Crippen LogP contribution in [-0.4, -0.2) is 22.6 Å². The molecule has 0 spiro atoms. The van der Waals surface area contributed by atoms with Gasteiger partial charge in [-0.15, -0.1) is 0 Å². The molecule has 7 heteroatoms. The highest BCUT2D eigenvalue weighted by atomic mass is 35.5. The molecule has 2 rings (SSSR count). The van der Waals surface area contributed by atoms with Gasteiger partial charge < -0.3 is 15.8 Å².